The summed E-state index contributed by atoms with van der Waals surface area (Å²) in [6, 6.07) is 0.528. The van der Waals surface area contributed by atoms with Crippen molar-refractivity contribution in [1.82, 2.24) is 25.0 Å². The van der Waals surface area contributed by atoms with Gasteiger partial charge in [-0.05, 0) is 19.8 Å². The van der Waals surface area contributed by atoms with Gasteiger partial charge in [-0.1, -0.05) is 18.1 Å². The Morgan fingerprint density at radius 1 is 1.35 bits per heavy atom. The molecule has 0 amide bonds. The van der Waals surface area contributed by atoms with E-state index < -0.39 is 0 Å². The molecule has 0 atom stereocenters. The Morgan fingerprint density at radius 2 is 2.18 bits per heavy atom. The Labute approximate surface area is 99.4 Å². The van der Waals surface area contributed by atoms with E-state index in [-0.39, 0.29) is 0 Å². The van der Waals surface area contributed by atoms with Gasteiger partial charge in [-0.25, -0.2) is 14.6 Å². The van der Waals surface area contributed by atoms with E-state index in [1.54, 1.807) is 11.0 Å². The van der Waals surface area contributed by atoms with Crippen LogP contribution in [0.4, 0.5) is 5.82 Å². The van der Waals surface area contributed by atoms with Crippen molar-refractivity contribution < 1.29 is 0 Å². The van der Waals surface area contributed by atoms with Gasteiger partial charge >= 0.3 is 0 Å². The fraction of sp³-hybridized carbons (Fsp3) is 0.636. The molecule has 6 heteroatoms. The normalized spacial score (nSPS) is 16.8. The molecule has 1 N–H and O–H groups in total. The smallest absolute Gasteiger partial charge is 0.183 e. The van der Waals surface area contributed by atoms with Crippen LogP contribution in [0, 0.1) is 0 Å². The van der Waals surface area contributed by atoms with Crippen LogP contribution in [0.1, 0.15) is 32.6 Å². The molecular weight excluding hydrogens is 216 g/mol. The van der Waals surface area contributed by atoms with Crippen molar-refractivity contribution in [3.8, 4) is 0 Å². The summed E-state index contributed by atoms with van der Waals surface area (Å²) < 4.78 is 1.79. The standard InChI is InChI=1S/C11H16N6/c1-2-17-11-9(15-16-17)10(12-7-13-11)14-8-5-3-4-6-8/h7-8H,2-6H2,1H3,(H,12,13,14). The number of aromatic nitrogens is 5. The quantitative estimate of drug-likeness (QED) is 0.870. The molecule has 6 nitrogen and oxygen atoms in total. The number of fused-ring (bicyclic) bond motifs is 1. The molecule has 0 saturated heterocycles. The summed E-state index contributed by atoms with van der Waals surface area (Å²) in [4.78, 5) is 8.51. The first-order chi connectivity index (χ1) is 8.38. The molecule has 0 radical (unpaired) electrons. The Hall–Kier alpha value is -1.72. The predicted molar refractivity (Wildman–Crippen MR) is 64.7 cm³/mol. The highest BCUT2D eigenvalue weighted by molar-refractivity contribution is 5.81. The summed E-state index contributed by atoms with van der Waals surface area (Å²) in [5.74, 6) is 0.821. The fourth-order valence-corrected chi connectivity index (χ4v) is 2.37. The topological polar surface area (TPSA) is 68.5 Å². The largest absolute Gasteiger partial charge is 0.365 e. The molecule has 3 rings (SSSR count). The van der Waals surface area contributed by atoms with Gasteiger partial charge in [0.1, 0.15) is 6.33 Å². The van der Waals surface area contributed by atoms with E-state index in [2.05, 4.69) is 25.6 Å². The molecule has 1 fully saturated rings. The van der Waals surface area contributed by atoms with Gasteiger partial charge in [-0.3, -0.25) is 0 Å². The highest BCUT2D eigenvalue weighted by atomic mass is 15.4. The average molecular weight is 232 g/mol. The minimum absolute atomic E-state index is 0.528. The van der Waals surface area contributed by atoms with Gasteiger partial charge in [0, 0.05) is 12.6 Å². The molecule has 0 bridgehead atoms. The van der Waals surface area contributed by atoms with Gasteiger partial charge in [-0.15, -0.1) is 5.10 Å². The number of rotatable bonds is 3. The molecule has 1 aliphatic rings. The summed E-state index contributed by atoms with van der Waals surface area (Å²) in [6.07, 6.45) is 6.61. The molecule has 1 saturated carbocycles. The van der Waals surface area contributed by atoms with Crippen molar-refractivity contribution in [2.24, 2.45) is 0 Å². The number of nitrogens with zero attached hydrogens (tertiary/aromatic N) is 5. The minimum atomic E-state index is 0.528. The van der Waals surface area contributed by atoms with Crippen LogP contribution in [0.2, 0.25) is 0 Å². The van der Waals surface area contributed by atoms with E-state index in [4.69, 9.17) is 0 Å². The number of aryl methyl sites for hydroxylation is 1. The van der Waals surface area contributed by atoms with Crippen molar-refractivity contribution in [3.05, 3.63) is 6.33 Å². The first kappa shape index (κ1) is 10.4. The summed E-state index contributed by atoms with van der Waals surface area (Å²) in [5.41, 5.74) is 1.59. The van der Waals surface area contributed by atoms with E-state index in [9.17, 15) is 0 Å². The lowest BCUT2D eigenvalue weighted by molar-refractivity contribution is 0.641. The number of anilines is 1. The molecule has 2 aromatic rings. The lowest BCUT2D eigenvalue weighted by Crippen LogP contribution is -2.16. The highest BCUT2D eigenvalue weighted by Crippen LogP contribution is 2.24. The first-order valence-corrected chi connectivity index (χ1v) is 6.19. The van der Waals surface area contributed by atoms with E-state index in [0.29, 0.717) is 6.04 Å². The second-order valence-corrected chi connectivity index (χ2v) is 4.43. The molecule has 2 aromatic heterocycles. The first-order valence-electron chi connectivity index (χ1n) is 6.19. The molecule has 2 heterocycles. The zero-order valence-corrected chi connectivity index (χ0v) is 9.93. The van der Waals surface area contributed by atoms with E-state index in [1.165, 1.54) is 25.7 Å². The Balaban J connectivity index is 1.95. The lowest BCUT2D eigenvalue weighted by atomic mass is 10.2. The number of hydrogen-bond donors (Lipinski definition) is 1. The molecular formula is C11H16N6. The van der Waals surface area contributed by atoms with Gasteiger partial charge in [-0.2, -0.15) is 0 Å². The number of hydrogen-bond acceptors (Lipinski definition) is 5. The SMILES string of the molecule is CCn1nnc2c(NC3CCCC3)ncnc21. The van der Waals surface area contributed by atoms with Crippen LogP contribution in [0.3, 0.4) is 0 Å². The van der Waals surface area contributed by atoms with Crippen LogP contribution < -0.4 is 5.32 Å². The molecule has 0 aliphatic heterocycles. The van der Waals surface area contributed by atoms with Crippen LogP contribution in [0.5, 0.6) is 0 Å². The van der Waals surface area contributed by atoms with Crippen molar-refractivity contribution in [2.75, 3.05) is 5.32 Å². The Bertz CT molecular complexity index is 514. The summed E-state index contributed by atoms with van der Waals surface area (Å²) in [5, 5.41) is 11.7. The van der Waals surface area contributed by atoms with Crippen LogP contribution in [-0.2, 0) is 6.54 Å². The van der Waals surface area contributed by atoms with Crippen LogP contribution in [0.25, 0.3) is 11.2 Å². The maximum atomic E-state index is 4.28. The number of nitrogens with one attached hydrogen (secondary N) is 1. The van der Waals surface area contributed by atoms with Gasteiger partial charge in [0.25, 0.3) is 0 Å². The maximum Gasteiger partial charge on any atom is 0.183 e. The van der Waals surface area contributed by atoms with Crippen molar-refractivity contribution in [3.63, 3.8) is 0 Å². The molecule has 90 valence electrons. The van der Waals surface area contributed by atoms with Crippen molar-refractivity contribution >= 4 is 17.0 Å². The van der Waals surface area contributed by atoms with Crippen molar-refractivity contribution in [1.29, 1.82) is 0 Å². The van der Waals surface area contributed by atoms with Gasteiger partial charge in [0.15, 0.2) is 17.0 Å². The fourth-order valence-electron chi connectivity index (χ4n) is 2.37. The van der Waals surface area contributed by atoms with Crippen LogP contribution >= 0.6 is 0 Å². The minimum Gasteiger partial charge on any atom is -0.365 e. The molecule has 0 aromatic carbocycles. The van der Waals surface area contributed by atoms with Gasteiger partial charge in [0.05, 0.1) is 0 Å². The summed E-state index contributed by atoms with van der Waals surface area (Å²) >= 11 is 0. The summed E-state index contributed by atoms with van der Waals surface area (Å²) in [6.45, 7) is 2.80. The predicted octanol–water partition coefficient (Wildman–Crippen LogP) is 1.60. The monoisotopic (exact) mass is 232 g/mol. The zero-order valence-electron chi connectivity index (χ0n) is 9.93. The van der Waals surface area contributed by atoms with Crippen LogP contribution in [0.15, 0.2) is 6.33 Å². The van der Waals surface area contributed by atoms with Gasteiger partial charge in [0.2, 0.25) is 0 Å². The molecule has 0 unspecified atom stereocenters. The molecule has 17 heavy (non-hydrogen) atoms. The maximum absolute atomic E-state index is 4.28. The molecule has 1 aliphatic carbocycles. The van der Waals surface area contributed by atoms with E-state index >= 15 is 0 Å². The second-order valence-electron chi connectivity index (χ2n) is 4.43. The van der Waals surface area contributed by atoms with Crippen molar-refractivity contribution in [2.45, 2.75) is 45.2 Å². The average Bonchev–Trinajstić information content (AvgIpc) is 2.97. The lowest BCUT2D eigenvalue weighted by Gasteiger charge is -2.11. The third-order valence-electron chi connectivity index (χ3n) is 3.30. The third kappa shape index (κ3) is 1.83. The zero-order chi connectivity index (χ0) is 11.7. The summed E-state index contributed by atoms with van der Waals surface area (Å²) in [7, 11) is 0. The second kappa shape index (κ2) is 4.27. The van der Waals surface area contributed by atoms with E-state index in [0.717, 1.165) is 23.5 Å². The Kier molecular flexibility index (Phi) is 2.62. The van der Waals surface area contributed by atoms with Crippen LogP contribution in [-0.4, -0.2) is 31.0 Å². The van der Waals surface area contributed by atoms with Gasteiger partial charge < -0.3 is 5.32 Å². The highest BCUT2D eigenvalue weighted by Gasteiger charge is 2.18. The Morgan fingerprint density at radius 3 is 2.94 bits per heavy atom. The molecule has 0 spiro atoms. The third-order valence-corrected chi connectivity index (χ3v) is 3.30. The van der Waals surface area contributed by atoms with E-state index in [1.807, 2.05) is 6.92 Å².